The van der Waals surface area contributed by atoms with Gasteiger partial charge in [0.25, 0.3) is 0 Å². The standard InChI is InChI=1S/C34H42FN7O4S/c1-34(2,3)46-33(43)40-20-14-26(15-21-40)42(24-23-39-18-4-5-19-39)47(44,45)27-11-9-25(10-12-27)37-32-36-17-13-31(38-32)41-22-16-28-29(35)7-6-8-30(28)41/h6-13,16-17,22,26H,4-5,14-15,18-21,23-24H2,1-3H3,(H,36,37,38). The third-order valence-corrected chi connectivity index (χ3v) is 10.6. The Kier molecular flexibility index (Phi) is 9.49. The minimum Gasteiger partial charge on any atom is -0.444 e. The summed E-state index contributed by atoms with van der Waals surface area (Å²) in [7, 11) is -3.83. The Morgan fingerprint density at radius 1 is 1.02 bits per heavy atom. The summed E-state index contributed by atoms with van der Waals surface area (Å²) in [4.78, 5) is 25.8. The first kappa shape index (κ1) is 32.9. The molecule has 2 aromatic heterocycles. The van der Waals surface area contributed by atoms with E-state index in [0.29, 0.717) is 67.4 Å². The van der Waals surface area contributed by atoms with Crippen molar-refractivity contribution >= 4 is 38.7 Å². The maximum absolute atomic E-state index is 14.2. The van der Waals surface area contributed by atoms with Gasteiger partial charge in [0, 0.05) is 55.7 Å². The van der Waals surface area contributed by atoms with Crippen LogP contribution in [0, 0.1) is 5.82 Å². The van der Waals surface area contributed by atoms with Gasteiger partial charge in [-0.25, -0.2) is 22.6 Å². The van der Waals surface area contributed by atoms with E-state index in [1.165, 1.54) is 6.07 Å². The monoisotopic (exact) mass is 663 g/mol. The van der Waals surface area contributed by atoms with Gasteiger partial charge in [-0.3, -0.25) is 0 Å². The summed E-state index contributed by atoms with van der Waals surface area (Å²) in [6.07, 6.45) is 6.34. The Bertz CT molecular complexity index is 1810. The highest BCUT2D eigenvalue weighted by molar-refractivity contribution is 7.89. The first-order valence-electron chi connectivity index (χ1n) is 16.2. The number of carbonyl (C=O) groups is 1. The lowest BCUT2D eigenvalue weighted by Gasteiger charge is -2.38. The van der Waals surface area contributed by atoms with Crippen molar-refractivity contribution in [3.05, 3.63) is 72.8 Å². The Morgan fingerprint density at radius 3 is 2.45 bits per heavy atom. The molecule has 4 heterocycles. The summed E-state index contributed by atoms with van der Waals surface area (Å²) in [5.74, 6) is 0.582. The SMILES string of the molecule is CC(C)(C)OC(=O)N1CCC(N(CCN2CCCC2)S(=O)(=O)c2ccc(Nc3nccc(-n4ccc5c(F)cccc54)n3)cc2)CC1. The van der Waals surface area contributed by atoms with Gasteiger partial charge in [0.15, 0.2) is 0 Å². The number of piperidine rings is 1. The number of rotatable bonds is 9. The molecule has 11 nitrogen and oxygen atoms in total. The van der Waals surface area contributed by atoms with Crippen molar-refractivity contribution in [1.29, 1.82) is 0 Å². The van der Waals surface area contributed by atoms with Crippen LogP contribution in [0.3, 0.4) is 0 Å². The third-order valence-electron chi connectivity index (χ3n) is 8.64. The number of hydrogen-bond acceptors (Lipinski definition) is 8. The molecule has 0 bridgehead atoms. The van der Waals surface area contributed by atoms with E-state index in [2.05, 4.69) is 20.2 Å². The van der Waals surface area contributed by atoms with Crippen LogP contribution in [0.25, 0.3) is 16.7 Å². The van der Waals surface area contributed by atoms with Gasteiger partial charge in [-0.1, -0.05) is 6.07 Å². The molecule has 2 saturated heterocycles. The first-order chi connectivity index (χ1) is 22.5. The molecule has 13 heteroatoms. The molecule has 0 unspecified atom stereocenters. The van der Waals surface area contributed by atoms with E-state index in [9.17, 15) is 17.6 Å². The molecule has 0 radical (unpaired) electrons. The van der Waals surface area contributed by atoms with Crippen LogP contribution < -0.4 is 5.32 Å². The fraction of sp³-hybridized carbons (Fsp3) is 0.441. The molecule has 0 aliphatic carbocycles. The van der Waals surface area contributed by atoms with Crippen molar-refractivity contribution in [2.75, 3.05) is 44.6 Å². The van der Waals surface area contributed by atoms with Crippen molar-refractivity contribution in [3.8, 4) is 5.82 Å². The molecule has 0 atom stereocenters. The van der Waals surface area contributed by atoms with E-state index in [4.69, 9.17) is 4.74 Å². The number of hydrogen-bond donors (Lipinski definition) is 1. The van der Waals surface area contributed by atoms with Crippen LogP contribution in [0.5, 0.6) is 0 Å². The average Bonchev–Trinajstić information content (AvgIpc) is 3.72. The van der Waals surface area contributed by atoms with Crippen LogP contribution in [-0.2, 0) is 14.8 Å². The molecule has 2 aromatic carbocycles. The highest BCUT2D eigenvalue weighted by Crippen LogP contribution is 2.28. The van der Waals surface area contributed by atoms with Crippen molar-refractivity contribution in [1.82, 2.24) is 28.6 Å². The van der Waals surface area contributed by atoms with Gasteiger partial charge in [0.2, 0.25) is 16.0 Å². The Hall–Kier alpha value is -4.07. The van der Waals surface area contributed by atoms with Crippen molar-refractivity contribution in [3.63, 3.8) is 0 Å². The van der Waals surface area contributed by atoms with Crippen molar-refractivity contribution in [2.24, 2.45) is 0 Å². The van der Waals surface area contributed by atoms with Gasteiger partial charge >= 0.3 is 6.09 Å². The zero-order valence-corrected chi connectivity index (χ0v) is 27.9. The van der Waals surface area contributed by atoms with E-state index in [-0.39, 0.29) is 22.8 Å². The second-order valence-corrected chi connectivity index (χ2v) is 15.0. The molecular weight excluding hydrogens is 621 g/mol. The van der Waals surface area contributed by atoms with Gasteiger partial charge in [-0.2, -0.15) is 9.29 Å². The molecule has 1 N–H and O–H groups in total. The molecule has 1 amide bonds. The maximum Gasteiger partial charge on any atom is 0.410 e. The molecule has 2 aliphatic heterocycles. The van der Waals surface area contributed by atoms with E-state index < -0.39 is 15.6 Å². The molecule has 0 spiro atoms. The second kappa shape index (κ2) is 13.6. The molecule has 6 rings (SSSR count). The number of nitrogens with zero attached hydrogens (tertiary/aromatic N) is 6. The van der Waals surface area contributed by atoms with Gasteiger partial charge in [0.05, 0.1) is 10.4 Å². The number of nitrogens with one attached hydrogen (secondary N) is 1. The maximum atomic E-state index is 14.2. The zero-order chi connectivity index (χ0) is 33.2. The lowest BCUT2D eigenvalue weighted by Crippen LogP contribution is -2.51. The third kappa shape index (κ3) is 7.58. The van der Waals surface area contributed by atoms with E-state index in [1.807, 2.05) is 26.8 Å². The Balaban J connectivity index is 1.17. The summed E-state index contributed by atoms with van der Waals surface area (Å²) < 4.78 is 51.5. The number of aromatic nitrogens is 3. The minimum absolute atomic E-state index is 0.203. The molecule has 2 aliphatic rings. The van der Waals surface area contributed by atoms with Crippen LogP contribution in [0.2, 0.25) is 0 Å². The first-order valence-corrected chi connectivity index (χ1v) is 17.6. The second-order valence-electron chi connectivity index (χ2n) is 13.1. The lowest BCUT2D eigenvalue weighted by molar-refractivity contribution is 0.0176. The molecule has 4 aromatic rings. The van der Waals surface area contributed by atoms with E-state index in [1.54, 1.807) is 68.6 Å². The summed E-state index contributed by atoms with van der Waals surface area (Å²) >= 11 is 0. The number of likely N-dealkylation sites (tertiary alicyclic amines) is 2. The fourth-order valence-corrected chi connectivity index (χ4v) is 7.93. The molecule has 2 fully saturated rings. The number of halogens is 1. The quantitative estimate of drug-likeness (QED) is 0.240. The van der Waals surface area contributed by atoms with Crippen LogP contribution in [0.1, 0.15) is 46.5 Å². The number of amides is 1. The van der Waals surface area contributed by atoms with Crippen LogP contribution in [0.15, 0.2) is 71.9 Å². The highest BCUT2D eigenvalue weighted by atomic mass is 32.2. The number of sulfonamides is 1. The van der Waals surface area contributed by atoms with Gasteiger partial charge in [-0.05, 0) is 108 Å². The molecule has 250 valence electrons. The highest BCUT2D eigenvalue weighted by Gasteiger charge is 2.36. The topological polar surface area (TPSA) is 113 Å². The fourth-order valence-electron chi connectivity index (χ4n) is 6.26. The Labute approximate surface area is 275 Å². The van der Waals surface area contributed by atoms with E-state index in [0.717, 1.165) is 25.9 Å². The zero-order valence-electron chi connectivity index (χ0n) is 27.1. The van der Waals surface area contributed by atoms with Crippen LogP contribution in [0.4, 0.5) is 20.8 Å². The smallest absolute Gasteiger partial charge is 0.410 e. The predicted molar refractivity (Wildman–Crippen MR) is 179 cm³/mol. The number of fused-ring (bicyclic) bond motifs is 1. The normalized spacial score (nSPS) is 16.7. The number of carbonyl (C=O) groups excluding carboxylic acids is 1. The average molecular weight is 664 g/mol. The van der Waals surface area contributed by atoms with Crippen molar-refractivity contribution in [2.45, 2.75) is 63.0 Å². The molecule has 47 heavy (non-hydrogen) atoms. The lowest BCUT2D eigenvalue weighted by atomic mass is 10.1. The summed E-state index contributed by atoms with van der Waals surface area (Å²) in [5.41, 5.74) is 0.723. The van der Waals surface area contributed by atoms with Crippen LogP contribution >= 0.6 is 0 Å². The summed E-state index contributed by atoms with van der Waals surface area (Å²) in [6, 6.07) is 14.7. The van der Waals surface area contributed by atoms with Gasteiger partial charge in [-0.15, -0.1) is 0 Å². The number of ether oxygens (including phenoxy) is 1. The van der Waals surface area contributed by atoms with Crippen LogP contribution in [-0.4, -0.2) is 94.1 Å². The van der Waals surface area contributed by atoms with E-state index >= 15 is 0 Å². The van der Waals surface area contributed by atoms with Gasteiger partial charge in [0.1, 0.15) is 17.2 Å². The predicted octanol–water partition coefficient (Wildman–Crippen LogP) is 5.79. The Morgan fingerprint density at radius 2 is 1.74 bits per heavy atom. The summed E-state index contributed by atoms with van der Waals surface area (Å²) in [5, 5.41) is 3.66. The summed E-state index contributed by atoms with van der Waals surface area (Å²) in [6.45, 7) is 9.39. The largest absolute Gasteiger partial charge is 0.444 e. The number of benzene rings is 2. The van der Waals surface area contributed by atoms with Crippen molar-refractivity contribution < 1.29 is 22.3 Å². The van der Waals surface area contributed by atoms with Gasteiger partial charge < -0.3 is 24.4 Å². The minimum atomic E-state index is -3.83. The molecular formula is C34H42FN7O4S. The molecule has 0 saturated carbocycles. The number of anilines is 2.